The Morgan fingerprint density at radius 2 is 2.28 bits per heavy atom. The second-order valence-electron chi connectivity index (χ2n) is 6.47. The minimum atomic E-state index is -0.0783. The molecule has 1 aliphatic rings. The Hall–Kier alpha value is -2.32. The van der Waals surface area contributed by atoms with Crippen molar-refractivity contribution in [3.63, 3.8) is 0 Å². The molecule has 3 aromatic heterocycles. The number of amides is 1. The van der Waals surface area contributed by atoms with Crippen LogP contribution in [0.1, 0.15) is 40.6 Å². The maximum atomic E-state index is 12.3. The molecule has 1 aliphatic heterocycles. The molecule has 0 spiro atoms. The number of nitrogens with zero attached hydrogens (tertiary/aromatic N) is 6. The lowest BCUT2D eigenvalue weighted by molar-refractivity contribution is 0.0829. The van der Waals surface area contributed by atoms with Gasteiger partial charge >= 0.3 is 0 Å². The van der Waals surface area contributed by atoms with Crippen LogP contribution in [0, 0.1) is 0 Å². The van der Waals surface area contributed by atoms with Gasteiger partial charge in [-0.05, 0) is 25.5 Å². The fourth-order valence-electron chi connectivity index (χ4n) is 3.43. The maximum absolute atomic E-state index is 12.3. The standard InChI is InChI=1S/C17H20N6OS/c1-21(2)17(24)13-8-20-23-15(5-6-18-16(13)23)14-4-3-7-22(14)9-12-10-25-11-19-12/h5-6,8,10-11,14H,3-4,7,9H2,1-2H3. The average molecular weight is 356 g/mol. The van der Waals surface area contributed by atoms with Crippen molar-refractivity contribution < 1.29 is 4.79 Å². The molecule has 1 amide bonds. The highest BCUT2D eigenvalue weighted by Gasteiger charge is 2.29. The third kappa shape index (κ3) is 2.91. The molecular formula is C17H20N6OS. The Balaban J connectivity index is 1.70. The lowest BCUT2D eigenvalue weighted by Gasteiger charge is -2.24. The van der Waals surface area contributed by atoms with Gasteiger partial charge in [0.1, 0.15) is 5.56 Å². The predicted molar refractivity (Wildman–Crippen MR) is 95.5 cm³/mol. The van der Waals surface area contributed by atoms with Gasteiger partial charge in [0.15, 0.2) is 5.65 Å². The van der Waals surface area contributed by atoms with Gasteiger partial charge in [0.05, 0.1) is 29.1 Å². The van der Waals surface area contributed by atoms with Crippen LogP contribution in [0.15, 0.2) is 29.4 Å². The molecule has 4 rings (SSSR count). The van der Waals surface area contributed by atoms with Crippen LogP contribution in [0.4, 0.5) is 0 Å². The Kier molecular flexibility index (Phi) is 4.22. The van der Waals surface area contributed by atoms with Crippen molar-refractivity contribution in [3.8, 4) is 0 Å². The summed E-state index contributed by atoms with van der Waals surface area (Å²) in [4.78, 5) is 25.1. The van der Waals surface area contributed by atoms with Gasteiger partial charge in [-0.3, -0.25) is 9.69 Å². The molecular weight excluding hydrogens is 336 g/mol. The molecule has 3 aromatic rings. The molecule has 1 atom stereocenters. The number of likely N-dealkylation sites (tertiary alicyclic amines) is 1. The fraction of sp³-hybridized carbons (Fsp3) is 0.412. The molecule has 8 heteroatoms. The second kappa shape index (κ2) is 6.53. The van der Waals surface area contributed by atoms with Crippen LogP contribution < -0.4 is 0 Å². The number of hydrogen-bond acceptors (Lipinski definition) is 6. The molecule has 0 radical (unpaired) electrons. The summed E-state index contributed by atoms with van der Waals surface area (Å²) in [6.07, 6.45) is 5.61. The van der Waals surface area contributed by atoms with E-state index < -0.39 is 0 Å². The van der Waals surface area contributed by atoms with Crippen LogP contribution in [-0.4, -0.2) is 55.9 Å². The molecule has 1 saturated heterocycles. The minimum Gasteiger partial charge on any atom is -0.345 e. The van der Waals surface area contributed by atoms with Crippen LogP contribution in [-0.2, 0) is 6.54 Å². The Morgan fingerprint density at radius 1 is 1.40 bits per heavy atom. The molecule has 1 unspecified atom stereocenters. The van der Waals surface area contributed by atoms with Gasteiger partial charge in [-0.15, -0.1) is 11.3 Å². The summed E-state index contributed by atoms with van der Waals surface area (Å²) in [6.45, 7) is 1.87. The molecule has 4 heterocycles. The van der Waals surface area contributed by atoms with Crippen LogP contribution in [0.5, 0.6) is 0 Å². The van der Waals surface area contributed by atoms with Crippen molar-refractivity contribution in [1.29, 1.82) is 0 Å². The summed E-state index contributed by atoms with van der Waals surface area (Å²) >= 11 is 1.62. The molecule has 130 valence electrons. The summed E-state index contributed by atoms with van der Waals surface area (Å²) in [5.41, 5.74) is 5.21. The lowest BCUT2D eigenvalue weighted by atomic mass is 10.1. The number of rotatable bonds is 4. The summed E-state index contributed by atoms with van der Waals surface area (Å²) in [7, 11) is 3.48. The van der Waals surface area contributed by atoms with Gasteiger partial charge in [-0.25, -0.2) is 14.5 Å². The van der Waals surface area contributed by atoms with E-state index in [-0.39, 0.29) is 11.9 Å². The van der Waals surface area contributed by atoms with E-state index in [4.69, 9.17) is 0 Å². The number of carbonyl (C=O) groups is 1. The zero-order valence-electron chi connectivity index (χ0n) is 14.3. The number of carbonyl (C=O) groups excluding carboxylic acids is 1. The van der Waals surface area contributed by atoms with Gasteiger partial charge in [0, 0.05) is 32.2 Å². The van der Waals surface area contributed by atoms with E-state index in [0.29, 0.717) is 11.2 Å². The lowest BCUT2D eigenvalue weighted by Crippen LogP contribution is -2.25. The SMILES string of the molecule is CN(C)C(=O)c1cnn2c(C3CCCN3Cc3cscn3)ccnc12. The van der Waals surface area contributed by atoms with E-state index in [1.807, 2.05) is 16.1 Å². The first-order valence-electron chi connectivity index (χ1n) is 8.30. The molecule has 0 aliphatic carbocycles. The molecule has 0 bridgehead atoms. The quantitative estimate of drug-likeness (QED) is 0.717. The number of fused-ring (bicyclic) bond motifs is 1. The molecule has 7 nitrogen and oxygen atoms in total. The zero-order valence-corrected chi connectivity index (χ0v) is 15.1. The molecule has 0 N–H and O–H groups in total. The highest BCUT2D eigenvalue weighted by Crippen LogP contribution is 2.33. The van der Waals surface area contributed by atoms with Crippen molar-refractivity contribution in [3.05, 3.63) is 46.3 Å². The van der Waals surface area contributed by atoms with Crippen molar-refractivity contribution >= 4 is 22.9 Å². The summed E-state index contributed by atoms with van der Waals surface area (Å²) in [5.74, 6) is -0.0783. The summed E-state index contributed by atoms with van der Waals surface area (Å²) in [6, 6.07) is 2.27. The van der Waals surface area contributed by atoms with E-state index in [9.17, 15) is 4.79 Å². The monoisotopic (exact) mass is 356 g/mol. The van der Waals surface area contributed by atoms with Crippen molar-refractivity contribution in [2.24, 2.45) is 0 Å². The molecule has 0 aromatic carbocycles. The van der Waals surface area contributed by atoms with Gasteiger partial charge < -0.3 is 4.90 Å². The third-order valence-electron chi connectivity index (χ3n) is 4.62. The average Bonchev–Trinajstić information content (AvgIpc) is 3.34. The number of hydrogen-bond donors (Lipinski definition) is 0. The van der Waals surface area contributed by atoms with E-state index in [1.54, 1.807) is 42.7 Å². The second-order valence-corrected chi connectivity index (χ2v) is 7.19. The van der Waals surface area contributed by atoms with Crippen LogP contribution in [0.25, 0.3) is 5.65 Å². The van der Waals surface area contributed by atoms with Gasteiger partial charge in [-0.2, -0.15) is 5.10 Å². The molecule has 1 fully saturated rings. The largest absolute Gasteiger partial charge is 0.345 e. The summed E-state index contributed by atoms with van der Waals surface area (Å²) in [5, 5.41) is 6.56. The first-order chi connectivity index (χ1) is 12.1. The first-order valence-corrected chi connectivity index (χ1v) is 9.25. The topological polar surface area (TPSA) is 66.6 Å². The van der Waals surface area contributed by atoms with E-state index >= 15 is 0 Å². The summed E-state index contributed by atoms with van der Waals surface area (Å²) < 4.78 is 1.82. The Bertz CT molecular complexity index is 888. The van der Waals surface area contributed by atoms with Gasteiger partial charge in [0.25, 0.3) is 5.91 Å². The number of thiazole rings is 1. The van der Waals surface area contributed by atoms with Crippen LogP contribution >= 0.6 is 11.3 Å². The van der Waals surface area contributed by atoms with Gasteiger partial charge in [0.2, 0.25) is 0 Å². The third-order valence-corrected chi connectivity index (χ3v) is 5.26. The predicted octanol–water partition coefficient (Wildman–Crippen LogP) is 2.22. The van der Waals surface area contributed by atoms with Crippen molar-refractivity contribution in [1.82, 2.24) is 29.4 Å². The number of aromatic nitrogens is 4. The normalized spacial score (nSPS) is 18.1. The highest BCUT2D eigenvalue weighted by atomic mass is 32.1. The minimum absolute atomic E-state index is 0.0783. The molecule has 0 saturated carbocycles. The van der Waals surface area contributed by atoms with Crippen LogP contribution in [0.3, 0.4) is 0 Å². The molecule has 25 heavy (non-hydrogen) atoms. The first kappa shape index (κ1) is 16.2. The zero-order chi connectivity index (χ0) is 17.4. The van der Waals surface area contributed by atoms with Gasteiger partial charge in [-0.1, -0.05) is 0 Å². The maximum Gasteiger partial charge on any atom is 0.258 e. The van der Waals surface area contributed by atoms with Crippen molar-refractivity contribution in [2.45, 2.75) is 25.4 Å². The van der Waals surface area contributed by atoms with E-state index in [1.165, 1.54) is 0 Å². The smallest absolute Gasteiger partial charge is 0.258 e. The highest BCUT2D eigenvalue weighted by molar-refractivity contribution is 7.07. The Labute approximate surface area is 149 Å². The van der Waals surface area contributed by atoms with Crippen molar-refractivity contribution in [2.75, 3.05) is 20.6 Å². The van der Waals surface area contributed by atoms with E-state index in [0.717, 1.165) is 37.3 Å². The Morgan fingerprint density at radius 3 is 3.04 bits per heavy atom. The van der Waals surface area contributed by atoms with E-state index in [2.05, 4.69) is 25.3 Å². The fourth-order valence-corrected chi connectivity index (χ4v) is 3.98. The van der Waals surface area contributed by atoms with Crippen LogP contribution in [0.2, 0.25) is 0 Å².